The standard InChI is InChI=1S/C22H24FN3O/c1-15-18(13-16-9-10-17(23)14-19(16)24-15)22(27)26-12-5-3-4-7-21(26)20-8-6-11-25(20)2/h6,8-11,13-14,21H,3-5,7,12H2,1-2H3. The van der Waals surface area contributed by atoms with Crippen molar-refractivity contribution in [2.24, 2.45) is 7.05 Å². The average Bonchev–Trinajstić information content (AvgIpc) is 2.92. The van der Waals surface area contributed by atoms with Gasteiger partial charge in [0.25, 0.3) is 5.91 Å². The summed E-state index contributed by atoms with van der Waals surface area (Å²) in [7, 11) is 2.03. The molecule has 3 aromatic rings. The van der Waals surface area contributed by atoms with Crippen LogP contribution in [0.4, 0.5) is 4.39 Å². The molecule has 1 aliphatic heterocycles. The molecule has 1 unspecified atom stereocenters. The second kappa shape index (κ2) is 7.14. The molecule has 5 heteroatoms. The van der Waals surface area contributed by atoms with E-state index in [1.54, 1.807) is 6.07 Å². The summed E-state index contributed by atoms with van der Waals surface area (Å²) in [4.78, 5) is 20.0. The van der Waals surface area contributed by atoms with Crippen LogP contribution >= 0.6 is 0 Å². The van der Waals surface area contributed by atoms with E-state index in [1.807, 2.05) is 37.2 Å². The molecule has 0 saturated carbocycles. The van der Waals surface area contributed by atoms with Crippen molar-refractivity contribution in [3.63, 3.8) is 0 Å². The minimum atomic E-state index is -0.315. The van der Waals surface area contributed by atoms with Gasteiger partial charge in [0.05, 0.1) is 22.8 Å². The van der Waals surface area contributed by atoms with Gasteiger partial charge in [-0.2, -0.15) is 0 Å². The lowest BCUT2D eigenvalue weighted by Gasteiger charge is -2.31. The third-order valence-corrected chi connectivity index (χ3v) is 5.54. The van der Waals surface area contributed by atoms with Gasteiger partial charge in [0.1, 0.15) is 5.82 Å². The topological polar surface area (TPSA) is 38.1 Å². The molecule has 1 aromatic carbocycles. The smallest absolute Gasteiger partial charge is 0.256 e. The summed E-state index contributed by atoms with van der Waals surface area (Å²) >= 11 is 0. The number of benzene rings is 1. The quantitative estimate of drug-likeness (QED) is 0.656. The van der Waals surface area contributed by atoms with Crippen molar-refractivity contribution in [1.29, 1.82) is 0 Å². The van der Waals surface area contributed by atoms with Crippen molar-refractivity contribution in [3.8, 4) is 0 Å². The molecule has 1 aliphatic rings. The molecule has 2 aromatic heterocycles. The van der Waals surface area contributed by atoms with Gasteiger partial charge in [-0.3, -0.25) is 9.78 Å². The molecular weight excluding hydrogens is 341 g/mol. The number of amides is 1. The summed E-state index contributed by atoms with van der Waals surface area (Å²) in [5.74, 6) is -0.302. The molecule has 4 rings (SSSR count). The van der Waals surface area contributed by atoms with Crippen molar-refractivity contribution < 1.29 is 9.18 Å². The van der Waals surface area contributed by atoms with Gasteiger partial charge in [-0.1, -0.05) is 12.8 Å². The SMILES string of the molecule is Cc1nc2cc(F)ccc2cc1C(=O)N1CCCCCC1c1cccn1C. The molecule has 0 N–H and O–H groups in total. The maximum Gasteiger partial charge on any atom is 0.256 e. The van der Waals surface area contributed by atoms with Crippen LogP contribution < -0.4 is 0 Å². The number of halogens is 1. The van der Waals surface area contributed by atoms with Crippen LogP contribution in [0.3, 0.4) is 0 Å². The Kier molecular flexibility index (Phi) is 4.68. The molecule has 3 heterocycles. The minimum absolute atomic E-state index is 0.0133. The van der Waals surface area contributed by atoms with Crippen LogP contribution in [0.5, 0.6) is 0 Å². The monoisotopic (exact) mass is 365 g/mol. The number of nitrogens with zero attached hydrogens (tertiary/aromatic N) is 3. The summed E-state index contributed by atoms with van der Waals surface area (Å²) in [6.45, 7) is 2.57. The zero-order chi connectivity index (χ0) is 19.0. The van der Waals surface area contributed by atoms with E-state index in [-0.39, 0.29) is 17.8 Å². The van der Waals surface area contributed by atoms with Crippen LogP contribution in [-0.4, -0.2) is 26.9 Å². The average molecular weight is 365 g/mol. The molecule has 1 amide bonds. The third-order valence-electron chi connectivity index (χ3n) is 5.54. The second-order valence-corrected chi connectivity index (χ2v) is 7.37. The predicted molar refractivity (Wildman–Crippen MR) is 104 cm³/mol. The number of likely N-dealkylation sites (tertiary alicyclic amines) is 1. The molecule has 0 bridgehead atoms. The molecule has 140 valence electrons. The van der Waals surface area contributed by atoms with Gasteiger partial charge in [0, 0.05) is 36.9 Å². The van der Waals surface area contributed by atoms with Crippen LogP contribution in [0, 0.1) is 12.7 Å². The highest BCUT2D eigenvalue weighted by molar-refractivity contribution is 5.98. The first-order valence-corrected chi connectivity index (χ1v) is 9.54. The molecule has 0 radical (unpaired) electrons. The molecule has 1 saturated heterocycles. The number of rotatable bonds is 2. The number of pyridine rings is 1. The van der Waals surface area contributed by atoms with E-state index in [4.69, 9.17) is 0 Å². The Morgan fingerprint density at radius 3 is 2.81 bits per heavy atom. The van der Waals surface area contributed by atoms with Crippen molar-refractivity contribution in [2.75, 3.05) is 6.54 Å². The number of aromatic nitrogens is 2. The molecule has 27 heavy (non-hydrogen) atoms. The number of hydrogen-bond donors (Lipinski definition) is 0. The first-order chi connectivity index (χ1) is 13.0. The summed E-state index contributed by atoms with van der Waals surface area (Å²) in [5, 5.41) is 0.788. The zero-order valence-electron chi connectivity index (χ0n) is 15.8. The Balaban J connectivity index is 1.75. The van der Waals surface area contributed by atoms with Crippen molar-refractivity contribution in [3.05, 3.63) is 65.4 Å². The van der Waals surface area contributed by atoms with Gasteiger partial charge in [0.15, 0.2) is 0 Å². The molecular formula is C22H24FN3O. The Morgan fingerprint density at radius 1 is 1.19 bits per heavy atom. The van der Waals surface area contributed by atoms with Gasteiger partial charge in [-0.05, 0) is 50.1 Å². The summed E-state index contributed by atoms with van der Waals surface area (Å²) < 4.78 is 15.6. The fourth-order valence-electron chi connectivity index (χ4n) is 4.09. The fourth-order valence-corrected chi connectivity index (χ4v) is 4.09. The molecule has 4 nitrogen and oxygen atoms in total. The van der Waals surface area contributed by atoms with Crippen molar-refractivity contribution >= 4 is 16.8 Å². The fraction of sp³-hybridized carbons (Fsp3) is 0.364. The zero-order valence-corrected chi connectivity index (χ0v) is 15.8. The van der Waals surface area contributed by atoms with Crippen LogP contribution in [-0.2, 0) is 7.05 Å². The molecule has 0 aliphatic carbocycles. The number of carbonyl (C=O) groups excluding carboxylic acids is 1. The summed E-state index contributed by atoms with van der Waals surface area (Å²) in [6, 6.07) is 10.6. The molecule has 1 fully saturated rings. The van der Waals surface area contributed by atoms with Gasteiger partial charge in [-0.15, -0.1) is 0 Å². The van der Waals surface area contributed by atoms with Crippen molar-refractivity contribution in [1.82, 2.24) is 14.5 Å². The molecule has 0 spiro atoms. The molecule has 1 atom stereocenters. The number of aryl methyl sites for hydroxylation is 2. The van der Waals surface area contributed by atoms with E-state index in [1.165, 1.54) is 17.8 Å². The van der Waals surface area contributed by atoms with Crippen LogP contribution in [0.15, 0.2) is 42.6 Å². The largest absolute Gasteiger partial charge is 0.353 e. The van der Waals surface area contributed by atoms with E-state index < -0.39 is 0 Å². The lowest BCUT2D eigenvalue weighted by molar-refractivity contribution is 0.0673. The van der Waals surface area contributed by atoms with Crippen LogP contribution in [0.2, 0.25) is 0 Å². The Bertz CT molecular complexity index is 994. The lowest BCUT2D eigenvalue weighted by Crippen LogP contribution is -2.36. The maximum absolute atomic E-state index is 13.5. The highest BCUT2D eigenvalue weighted by Gasteiger charge is 2.30. The van der Waals surface area contributed by atoms with Gasteiger partial charge < -0.3 is 9.47 Å². The van der Waals surface area contributed by atoms with E-state index in [0.29, 0.717) is 16.8 Å². The highest BCUT2D eigenvalue weighted by atomic mass is 19.1. The number of fused-ring (bicyclic) bond motifs is 1. The lowest BCUT2D eigenvalue weighted by atomic mass is 10.0. The Morgan fingerprint density at radius 2 is 2.04 bits per heavy atom. The number of hydrogen-bond acceptors (Lipinski definition) is 2. The third kappa shape index (κ3) is 3.34. The van der Waals surface area contributed by atoms with Gasteiger partial charge >= 0.3 is 0 Å². The summed E-state index contributed by atoms with van der Waals surface area (Å²) in [6.07, 6.45) is 6.26. The maximum atomic E-state index is 13.5. The first-order valence-electron chi connectivity index (χ1n) is 9.54. The highest BCUT2D eigenvalue weighted by Crippen LogP contribution is 2.32. The predicted octanol–water partition coefficient (Wildman–Crippen LogP) is 4.78. The number of carbonyl (C=O) groups is 1. The van der Waals surface area contributed by atoms with E-state index in [0.717, 1.165) is 37.6 Å². The second-order valence-electron chi connectivity index (χ2n) is 7.37. The minimum Gasteiger partial charge on any atom is -0.353 e. The Hall–Kier alpha value is -2.69. The normalized spacial score (nSPS) is 17.9. The van der Waals surface area contributed by atoms with Crippen molar-refractivity contribution in [2.45, 2.75) is 38.6 Å². The Labute approximate surface area is 158 Å². The van der Waals surface area contributed by atoms with E-state index in [2.05, 4.69) is 15.6 Å². The van der Waals surface area contributed by atoms with Crippen LogP contribution in [0.25, 0.3) is 10.9 Å². The van der Waals surface area contributed by atoms with E-state index >= 15 is 0 Å². The first kappa shape index (κ1) is 17.7. The van der Waals surface area contributed by atoms with Gasteiger partial charge in [-0.25, -0.2) is 4.39 Å². The van der Waals surface area contributed by atoms with E-state index in [9.17, 15) is 9.18 Å². The summed E-state index contributed by atoms with van der Waals surface area (Å²) in [5.41, 5.74) is 3.00. The van der Waals surface area contributed by atoms with Crippen LogP contribution in [0.1, 0.15) is 53.5 Å². The van der Waals surface area contributed by atoms with Gasteiger partial charge in [0.2, 0.25) is 0 Å².